The summed E-state index contributed by atoms with van der Waals surface area (Å²) in [6, 6.07) is 6.96. The van der Waals surface area contributed by atoms with Gasteiger partial charge in [-0.05, 0) is 49.4 Å². The van der Waals surface area contributed by atoms with Gasteiger partial charge >= 0.3 is 0 Å². The fourth-order valence-electron chi connectivity index (χ4n) is 4.24. The van der Waals surface area contributed by atoms with Crippen molar-refractivity contribution in [1.29, 1.82) is 0 Å². The lowest BCUT2D eigenvalue weighted by Gasteiger charge is -2.33. The summed E-state index contributed by atoms with van der Waals surface area (Å²) in [6.07, 6.45) is 8.07. The molecule has 0 atom stereocenters. The number of hydrogen-bond acceptors (Lipinski definition) is 3. The highest BCUT2D eigenvalue weighted by Gasteiger charge is 2.39. The van der Waals surface area contributed by atoms with E-state index in [0.717, 1.165) is 24.6 Å². The van der Waals surface area contributed by atoms with Gasteiger partial charge in [-0.15, -0.1) is 24.0 Å². The Labute approximate surface area is 180 Å². The van der Waals surface area contributed by atoms with Crippen LogP contribution in [0.15, 0.2) is 34.2 Å². The topological polar surface area (TPSA) is 73.8 Å². The molecular weight excluding hydrogens is 475 g/mol. The molecule has 3 rings (SSSR count). The average Bonchev–Trinajstić information content (AvgIpc) is 3.06. The van der Waals surface area contributed by atoms with E-state index in [4.69, 9.17) is 0 Å². The summed E-state index contributed by atoms with van der Waals surface area (Å²) in [4.78, 5) is 7.12. The van der Waals surface area contributed by atoms with Crippen LogP contribution in [0.5, 0.6) is 0 Å². The van der Waals surface area contributed by atoms with Crippen molar-refractivity contribution in [2.45, 2.75) is 50.0 Å². The van der Waals surface area contributed by atoms with E-state index in [0.29, 0.717) is 12.0 Å². The number of sulfonamides is 1. The molecule has 1 aliphatic heterocycles. The van der Waals surface area contributed by atoms with E-state index < -0.39 is 10.0 Å². The molecule has 1 saturated carbocycles. The number of guanidine groups is 1. The molecule has 152 valence electrons. The minimum absolute atomic E-state index is 0. The van der Waals surface area contributed by atoms with Gasteiger partial charge < -0.3 is 10.2 Å². The van der Waals surface area contributed by atoms with Crippen LogP contribution in [0.2, 0.25) is 0 Å². The Morgan fingerprint density at radius 1 is 1.15 bits per heavy atom. The third kappa shape index (κ3) is 5.35. The van der Waals surface area contributed by atoms with Crippen LogP contribution in [0.3, 0.4) is 0 Å². The monoisotopic (exact) mass is 506 g/mol. The first kappa shape index (κ1) is 22.4. The number of aliphatic imine (C=N–C) groups is 1. The summed E-state index contributed by atoms with van der Waals surface area (Å²) in [6.45, 7) is 2.81. The van der Waals surface area contributed by atoms with E-state index in [1.807, 2.05) is 19.2 Å². The molecule has 6 nitrogen and oxygen atoms in total. The van der Waals surface area contributed by atoms with Gasteiger partial charge in [-0.3, -0.25) is 4.99 Å². The zero-order chi connectivity index (χ0) is 18.6. The largest absolute Gasteiger partial charge is 0.352 e. The molecule has 8 heteroatoms. The molecule has 2 fully saturated rings. The zero-order valence-corrected chi connectivity index (χ0v) is 19.3. The van der Waals surface area contributed by atoms with Crippen molar-refractivity contribution in [1.82, 2.24) is 14.9 Å². The molecule has 0 amide bonds. The summed E-state index contributed by atoms with van der Waals surface area (Å²) in [5.41, 5.74) is 1.53. The van der Waals surface area contributed by atoms with Crippen LogP contribution >= 0.6 is 24.0 Å². The normalized spacial score (nSPS) is 19.8. The molecule has 1 heterocycles. The highest BCUT2D eigenvalue weighted by atomic mass is 127. The summed E-state index contributed by atoms with van der Waals surface area (Å²) < 4.78 is 25.9. The minimum atomic E-state index is -3.38. The third-order valence-electron chi connectivity index (χ3n) is 5.82. The van der Waals surface area contributed by atoms with Gasteiger partial charge in [-0.25, -0.2) is 13.1 Å². The Morgan fingerprint density at radius 2 is 1.81 bits per heavy atom. The van der Waals surface area contributed by atoms with E-state index in [1.165, 1.54) is 45.6 Å². The van der Waals surface area contributed by atoms with E-state index >= 15 is 0 Å². The SMILES string of the molecule is CN=C(NCc1ccc(S(=O)(=O)NC)cc1)N1CCC2(CCCCC2)C1.I. The lowest BCUT2D eigenvalue weighted by molar-refractivity contribution is 0.203. The van der Waals surface area contributed by atoms with Crippen molar-refractivity contribution >= 4 is 40.0 Å². The van der Waals surface area contributed by atoms with Crippen LogP contribution in [-0.4, -0.2) is 46.5 Å². The fourth-order valence-corrected chi connectivity index (χ4v) is 4.97. The van der Waals surface area contributed by atoms with E-state index in [1.54, 1.807) is 12.1 Å². The van der Waals surface area contributed by atoms with Crippen LogP contribution in [0.4, 0.5) is 0 Å². The van der Waals surface area contributed by atoms with Gasteiger partial charge in [-0.2, -0.15) is 0 Å². The Bertz CT molecular complexity index is 743. The van der Waals surface area contributed by atoms with Crippen LogP contribution in [0.25, 0.3) is 0 Å². The minimum Gasteiger partial charge on any atom is -0.352 e. The molecule has 1 aromatic rings. The van der Waals surface area contributed by atoms with Crippen LogP contribution in [0.1, 0.15) is 44.1 Å². The predicted molar refractivity (Wildman–Crippen MR) is 120 cm³/mol. The van der Waals surface area contributed by atoms with E-state index in [-0.39, 0.29) is 28.9 Å². The Kier molecular flexibility index (Phi) is 7.94. The molecule has 0 radical (unpaired) electrons. The van der Waals surface area contributed by atoms with Gasteiger partial charge in [0.05, 0.1) is 4.90 Å². The van der Waals surface area contributed by atoms with Crippen molar-refractivity contribution in [3.8, 4) is 0 Å². The maximum atomic E-state index is 11.8. The summed E-state index contributed by atoms with van der Waals surface area (Å²) in [5, 5.41) is 3.43. The fraction of sp³-hybridized carbons (Fsp3) is 0.632. The second-order valence-electron chi connectivity index (χ2n) is 7.48. The second kappa shape index (κ2) is 9.56. The van der Waals surface area contributed by atoms with E-state index in [2.05, 4.69) is 19.9 Å². The molecule has 0 unspecified atom stereocenters. The van der Waals surface area contributed by atoms with Gasteiger partial charge in [0.25, 0.3) is 0 Å². The van der Waals surface area contributed by atoms with Gasteiger partial charge in [0, 0.05) is 26.7 Å². The summed E-state index contributed by atoms with van der Waals surface area (Å²) in [5.74, 6) is 0.944. The third-order valence-corrected chi connectivity index (χ3v) is 7.25. The van der Waals surface area contributed by atoms with Crippen molar-refractivity contribution in [3.63, 3.8) is 0 Å². The molecule has 1 saturated heterocycles. The molecule has 1 spiro atoms. The first-order valence-electron chi connectivity index (χ1n) is 9.46. The van der Waals surface area contributed by atoms with Crippen molar-refractivity contribution in [2.24, 2.45) is 10.4 Å². The maximum Gasteiger partial charge on any atom is 0.240 e. The first-order chi connectivity index (χ1) is 12.5. The molecule has 0 aromatic heterocycles. The summed E-state index contributed by atoms with van der Waals surface area (Å²) >= 11 is 0. The molecule has 1 aliphatic carbocycles. The van der Waals surface area contributed by atoms with Crippen LogP contribution in [0, 0.1) is 5.41 Å². The van der Waals surface area contributed by atoms with Crippen LogP contribution < -0.4 is 10.0 Å². The number of hydrogen-bond donors (Lipinski definition) is 2. The predicted octanol–water partition coefficient (Wildman–Crippen LogP) is 2.94. The van der Waals surface area contributed by atoms with Gasteiger partial charge in [0.1, 0.15) is 0 Å². The number of benzene rings is 1. The maximum absolute atomic E-state index is 11.8. The van der Waals surface area contributed by atoms with Crippen molar-refractivity contribution < 1.29 is 8.42 Å². The zero-order valence-electron chi connectivity index (χ0n) is 16.2. The molecular formula is C19H31IN4O2S. The number of rotatable bonds is 4. The van der Waals surface area contributed by atoms with Crippen molar-refractivity contribution in [2.75, 3.05) is 27.2 Å². The summed E-state index contributed by atoms with van der Waals surface area (Å²) in [7, 11) is -0.132. The quantitative estimate of drug-likeness (QED) is 0.374. The highest BCUT2D eigenvalue weighted by molar-refractivity contribution is 14.0. The average molecular weight is 506 g/mol. The molecule has 27 heavy (non-hydrogen) atoms. The molecule has 1 aromatic carbocycles. The smallest absolute Gasteiger partial charge is 0.240 e. The Hall–Kier alpha value is -0.870. The Balaban J connectivity index is 0.00000261. The molecule has 2 N–H and O–H groups in total. The molecule has 2 aliphatic rings. The molecule has 0 bridgehead atoms. The lowest BCUT2D eigenvalue weighted by atomic mass is 9.73. The van der Waals surface area contributed by atoms with Crippen LogP contribution in [-0.2, 0) is 16.6 Å². The standard InChI is InChI=1S/C19H30N4O2S.HI/c1-20-18(23-13-12-19(15-23)10-4-3-5-11-19)22-14-16-6-8-17(9-7-16)26(24,25)21-2;/h6-9,21H,3-5,10-15H2,1-2H3,(H,20,22);1H. The van der Waals surface area contributed by atoms with E-state index in [9.17, 15) is 8.42 Å². The lowest BCUT2D eigenvalue weighted by Crippen LogP contribution is -2.41. The van der Waals surface area contributed by atoms with Gasteiger partial charge in [0.15, 0.2) is 5.96 Å². The second-order valence-corrected chi connectivity index (χ2v) is 9.37. The van der Waals surface area contributed by atoms with Gasteiger partial charge in [0.2, 0.25) is 10.0 Å². The number of likely N-dealkylation sites (tertiary alicyclic amines) is 1. The highest BCUT2D eigenvalue weighted by Crippen LogP contribution is 2.43. The van der Waals surface area contributed by atoms with Crippen molar-refractivity contribution in [3.05, 3.63) is 29.8 Å². The van der Waals surface area contributed by atoms with Gasteiger partial charge in [-0.1, -0.05) is 31.4 Å². The first-order valence-corrected chi connectivity index (χ1v) is 10.9. The number of nitrogens with one attached hydrogen (secondary N) is 2. The Morgan fingerprint density at radius 3 is 2.41 bits per heavy atom. The number of nitrogens with zero attached hydrogens (tertiary/aromatic N) is 2. The number of halogens is 1.